The quantitative estimate of drug-likeness (QED) is 0.794. The van der Waals surface area contributed by atoms with E-state index in [0.717, 1.165) is 30.4 Å². The van der Waals surface area contributed by atoms with Crippen molar-refractivity contribution >= 4 is 15.9 Å². The third-order valence-corrected chi connectivity index (χ3v) is 7.66. The van der Waals surface area contributed by atoms with Gasteiger partial charge in [-0.15, -0.1) is 0 Å². The van der Waals surface area contributed by atoms with E-state index in [1.54, 1.807) is 23.4 Å². The van der Waals surface area contributed by atoms with Crippen LogP contribution < -0.4 is 5.32 Å². The van der Waals surface area contributed by atoms with E-state index in [0.29, 0.717) is 24.2 Å². The molecule has 0 radical (unpaired) electrons. The summed E-state index contributed by atoms with van der Waals surface area (Å²) in [6.45, 7) is 8.87. The van der Waals surface area contributed by atoms with Crippen molar-refractivity contribution < 1.29 is 13.2 Å². The molecule has 1 unspecified atom stereocenters. The molecular weight excluding hydrogens is 384 g/mol. The molecule has 1 fully saturated rings. The van der Waals surface area contributed by atoms with Crippen molar-refractivity contribution in [2.75, 3.05) is 13.1 Å². The van der Waals surface area contributed by atoms with E-state index in [4.69, 9.17) is 0 Å². The summed E-state index contributed by atoms with van der Waals surface area (Å²) in [5.41, 5.74) is 4.38. The van der Waals surface area contributed by atoms with Gasteiger partial charge in [0.2, 0.25) is 10.0 Å². The largest absolute Gasteiger partial charge is 0.346 e. The van der Waals surface area contributed by atoms with E-state index in [2.05, 4.69) is 11.4 Å². The Morgan fingerprint density at radius 2 is 1.66 bits per heavy atom. The number of rotatable bonds is 5. The monoisotopic (exact) mass is 414 g/mol. The Hall–Kier alpha value is -2.18. The van der Waals surface area contributed by atoms with E-state index in [-0.39, 0.29) is 16.8 Å². The molecule has 1 aliphatic rings. The number of sulfonamides is 1. The van der Waals surface area contributed by atoms with Crippen LogP contribution in [0.4, 0.5) is 0 Å². The summed E-state index contributed by atoms with van der Waals surface area (Å²) in [4.78, 5) is 13.1. The van der Waals surface area contributed by atoms with E-state index in [1.807, 2.05) is 32.9 Å². The summed E-state index contributed by atoms with van der Waals surface area (Å²) in [7, 11) is -3.59. The first-order chi connectivity index (χ1) is 13.7. The molecule has 1 N–H and O–H groups in total. The van der Waals surface area contributed by atoms with Crippen LogP contribution in [0.15, 0.2) is 41.3 Å². The molecule has 1 heterocycles. The van der Waals surface area contributed by atoms with Gasteiger partial charge < -0.3 is 5.32 Å². The maximum absolute atomic E-state index is 13.1. The zero-order chi connectivity index (χ0) is 21.2. The van der Waals surface area contributed by atoms with Crippen LogP contribution in [0.3, 0.4) is 0 Å². The smallest absolute Gasteiger partial charge is 0.251 e. The Balaban J connectivity index is 1.84. The topological polar surface area (TPSA) is 66.5 Å². The van der Waals surface area contributed by atoms with E-state index in [9.17, 15) is 13.2 Å². The van der Waals surface area contributed by atoms with E-state index in [1.165, 1.54) is 11.6 Å². The van der Waals surface area contributed by atoms with Gasteiger partial charge in [0.05, 0.1) is 10.9 Å². The van der Waals surface area contributed by atoms with Crippen molar-refractivity contribution in [3.05, 3.63) is 64.2 Å². The van der Waals surface area contributed by atoms with Gasteiger partial charge in [-0.3, -0.25) is 4.79 Å². The summed E-state index contributed by atoms with van der Waals surface area (Å²) >= 11 is 0. The van der Waals surface area contributed by atoms with Crippen LogP contribution >= 0.6 is 0 Å². The number of carbonyl (C=O) groups excluding carboxylic acids is 1. The molecule has 1 saturated heterocycles. The van der Waals surface area contributed by atoms with Crippen molar-refractivity contribution in [2.24, 2.45) is 0 Å². The first kappa shape index (κ1) is 21.5. The van der Waals surface area contributed by atoms with Crippen LogP contribution in [0.2, 0.25) is 0 Å². The van der Waals surface area contributed by atoms with Crippen LogP contribution in [0.25, 0.3) is 0 Å². The highest BCUT2D eigenvalue weighted by atomic mass is 32.2. The van der Waals surface area contributed by atoms with Gasteiger partial charge in [0, 0.05) is 18.7 Å². The first-order valence-electron chi connectivity index (χ1n) is 10.2. The van der Waals surface area contributed by atoms with Gasteiger partial charge in [-0.2, -0.15) is 4.31 Å². The van der Waals surface area contributed by atoms with Gasteiger partial charge in [-0.05, 0) is 69.4 Å². The molecule has 0 saturated carbocycles. The fraction of sp³-hybridized carbons (Fsp3) is 0.435. The van der Waals surface area contributed by atoms with E-state index < -0.39 is 10.0 Å². The molecule has 3 rings (SSSR count). The third-order valence-electron chi connectivity index (χ3n) is 5.62. The molecule has 2 aromatic rings. The number of hydrogen-bond acceptors (Lipinski definition) is 3. The fourth-order valence-corrected chi connectivity index (χ4v) is 5.70. The van der Waals surface area contributed by atoms with Crippen molar-refractivity contribution in [3.63, 3.8) is 0 Å². The standard InChI is InChI=1S/C23H30N2O3S/c1-16-8-11-21(18(3)14-16)19(4)24-23(26)20-10-9-17(2)22(15-20)29(27,28)25-12-6-5-7-13-25/h8-11,14-15,19H,5-7,12-13H2,1-4H3,(H,24,26). The van der Waals surface area contributed by atoms with Crippen LogP contribution in [0.1, 0.15) is 64.8 Å². The number of amides is 1. The lowest BCUT2D eigenvalue weighted by molar-refractivity contribution is 0.0939. The van der Waals surface area contributed by atoms with Gasteiger partial charge in [0.1, 0.15) is 0 Å². The van der Waals surface area contributed by atoms with Gasteiger partial charge >= 0.3 is 0 Å². The number of nitrogens with zero attached hydrogens (tertiary/aromatic N) is 1. The number of aryl methyl sites for hydroxylation is 3. The maximum atomic E-state index is 13.1. The number of piperidine rings is 1. The molecule has 156 valence electrons. The van der Waals surface area contributed by atoms with Gasteiger partial charge in [0.25, 0.3) is 5.91 Å². The van der Waals surface area contributed by atoms with Crippen molar-refractivity contribution in [3.8, 4) is 0 Å². The molecule has 0 spiro atoms. The van der Waals surface area contributed by atoms with Crippen LogP contribution in [-0.2, 0) is 10.0 Å². The summed E-state index contributed by atoms with van der Waals surface area (Å²) in [6.07, 6.45) is 2.82. The normalized spacial score (nSPS) is 16.4. The summed E-state index contributed by atoms with van der Waals surface area (Å²) in [5.74, 6) is -0.271. The lowest BCUT2D eigenvalue weighted by Gasteiger charge is -2.26. The Morgan fingerprint density at radius 3 is 2.31 bits per heavy atom. The molecule has 29 heavy (non-hydrogen) atoms. The zero-order valence-electron chi connectivity index (χ0n) is 17.7. The highest BCUT2D eigenvalue weighted by Crippen LogP contribution is 2.25. The second-order valence-corrected chi connectivity index (χ2v) is 9.91. The number of nitrogens with one attached hydrogen (secondary N) is 1. The fourth-order valence-electron chi connectivity index (χ4n) is 3.93. The van der Waals surface area contributed by atoms with Gasteiger partial charge in [-0.25, -0.2) is 8.42 Å². The van der Waals surface area contributed by atoms with Crippen molar-refractivity contribution in [1.29, 1.82) is 0 Å². The lowest BCUT2D eigenvalue weighted by Crippen LogP contribution is -2.36. The molecule has 0 aliphatic carbocycles. The lowest BCUT2D eigenvalue weighted by atomic mass is 10.00. The van der Waals surface area contributed by atoms with Crippen LogP contribution in [-0.4, -0.2) is 31.7 Å². The van der Waals surface area contributed by atoms with E-state index >= 15 is 0 Å². The molecular formula is C23H30N2O3S. The summed E-state index contributed by atoms with van der Waals surface area (Å²) < 4.78 is 27.7. The zero-order valence-corrected chi connectivity index (χ0v) is 18.5. The van der Waals surface area contributed by atoms with Crippen molar-refractivity contribution in [1.82, 2.24) is 9.62 Å². The predicted octanol–water partition coefficient (Wildman–Crippen LogP) is 4.28. The van der Waals surface area contributed by atoms with Crippen molar-refractivity contribution in [2.45, 2.75) is 57.9 Å². The summed E-state index contributed by atoms with van der Waals surface area (Å²) in [6, 6.07) is 10.9. The molecule has 0 bridgehead atoms. The highest BCUT2D eigenvalue weighted by Gasteiger charge is 2.28. The Bertz CT molecular complexity index is 1010. The molecule has 1 aliphatic heterocycles. The highest BCUT2D eigenvalue weighted by molar-refractivity contribution is 7.89. The van der Waals surface area contributed by atoms with Crippen LogP contribution in [0, 0.1) is 20.8 Å². The Kier molecular flexibility index (Phi) is 6.44. The molecule has 2 aromatic carbocycles. The minimum Gasteiger partial charge on any atom is -0.346 e. The minimum absolute atomic E-state index is 0.174. The predicted molar refractivity (Wildman–Crippen MR) is 116 cm³/mol. The molecule has 1 amide bonds. The average molecular weight is 415 g/mol. The Labute approximate surface area is 174 Å². The van der Waals surface area contributed by atoms with Crippen LogP contribution in [0.5, 0.6) is 0 Å². The van der Waals surface area contributed by atoms with Gasteiger partial charge in [0.15, 0.2) is 0 Å². The van der Waals surface area contributed by atoms with Gasteiger partial charge in [-0.1, -0.05) is 36.2 Å². The SMILES string of the molecule is Cc1ccc(C(C)NC(=O)c2ccc(C)c(S(=O)(=O)N3CCCCC3)c2)c(C)c1. The maximum Gasteiger partial charge on any atom is 0.251 e. The number of benzene rings is 2. The molecule has 1 atom stereocenters. The molecule has 5 nitrogen and oxygen atoms in total. The second-order valence-electron chi connectivity index (χ2n) is 8.00. The first-order valence-corrected chi connectivity index (χ1v) is 11.6. The number of carbonyl (C=O) groups is 1. The summed E-state index contributed by atoms with van der Waals surface area (Å²) in [5, 5.41) is 3.00. The third kappa shape index (κ3) is 4.70. The average Bonchev–Trinajstić information content (AvgIpc) is 2.68. The second kappa shape index (κ2) is 8.67. The minimum atomic E-state index is -3.59. The molecule has 0 aromatic heterocycles. The Morgan fingerprint density at radius 1 is 0.966 bits per heavy atom. The molecule has 6 heteroatoms. The number of hydrogen-bond donors (Lipinski definition) is 1.